The van der Waals surface area contributed by atoms with Gasteiger partial charge in [0.25, 0.3) is 5.91 Å². The van der Waals surface area contributed by atoms with Crippen LogP contribution in [0.1, 0.15) is 22.6 Å². The van der Waals surface area contributed by atoms with Crippen molar-refractivity contribution in [3.8, 4) is 11.3 Å². The molecule has 4 rings (SSSR count). The molecule has 0 saturated heterocycles. The minimum Gasteiger partial charge on any atom is -0.464 e. The van der Waals surface area contributed by atoms with Gasteiger partial charge in [0.2, 0.25) is 0 Å². The number of aromatic nitrogens is 3. The Morgan fingerprint density at radius 3 is 2.73 bits per heavy atom. The highest BCUT2D eigenvalue weighted by molar-refractivity contribution is 5.94. The molecule has 0 saturated carbocycles. The zero-order chi connectivity index (χ0) is 17.8. The van der Waals surface area contributed by atoms with E-state index in [0.717, 1.165) is 35.6 Å². The van der Waals surface area contributed by atoms with Crippen LogP contribution in [0.5, 0.6) is 0 Å². The van der Waals surface area contributed by atoms with E-state index in [2.05, 4.69) is 15.5 Å². The van der Waals surface area contributed by atoms with Gasteiger partial charge in [-0.05, 0) is 42.8 Å². The largest absolute Gasteiger partial charge is 0.464 e. The van der Waals surface area contributed by atoms with Crippen LogP contribution in [-0.4, -0.2) is 27.0 Å². The van der Waals surface area contributed by atoms with Gasteiger partial charge < -0.3 is 9.73 Å². The Labute approximate surface area is 150 Å². The van der Waals surface area contributed by atoms with Crippen molar-refractivity contribution in [1.82, 2.24) is 19.9 Å². The molecule has 130 valence electrons. The van der Waals surface area contributed by atoms with E-state index in [9.17, 15) is 4.79 Å². The zero-order valence-corrected chi connectivity index (χ0v) is 14.1. The minimum atomic E-state index is -0.0814. The number of hydrogen-bond acceptors (Lipinski definition) is 4. The molecule has 0 aliphatic rings. The summed E-state index contributed by atoms with van der Waals surface area (Å²) < 4.78 is 7.32. The van der Waals surface area contributed by atoms with E-state index in [1.165, 1.54) is 0 Å². The summed E-state index contributed by atoms with van der Waals surface area (Å²) in [5.74, 6) is 1.61. The summed E-state index contributed by atoms with van der Waals surface area (Å²) in [5, 5.41) is 11.3. The lowest BCUT2D eigenvalue weighted by molar-refractivity contribution is 0.0953. The van der Waals surface area contributed by atoms with Gasteiger partial charge in [-0.1, -0.05) is 18.2 Å². The van der Waals surface area contributed by atoms with Gasteiger partial charge >= 0.3 is 0 Å². The molecule has 0 aliphatic carbocycles. The first-order chi connectivity index (χ1) is 12.8. The van der Waals surface area contributed by atoms with Crippen molar-refractivity contribution in [2.75, 3.05) is 6.54 Å². The molecule has 1 N–H and O–H groups in total. The van der Waals surface area contributed by atoms with Gasteiger partial charge in [-0.15, -0.1) is 10.2 Å². The predicted molar refractivity (Wildman–Crippen MR) is 97.8 cm³/mol. The van der Waals surface area contributed by atoms with Crippen molar-refractivity contribution < 1.29 is 9.21 Å². The summed E-state index contributed by atoms with van der Waals surface area (Å²) in [5.41, 5.74) is 2.42. The molecule has 6 heteroatoms. The maximum absolute atomic E-state index is 12.2. The summed E-state index contributed by atoms with van der Waals surface area (Å²) in [6.45, 7) is 0.584. The van der Waals surface area contributed by atoms with Crippen molar-refractivity contribution >= 4 is 11.6 Å². The van der Waals surface area contributed by atoms with Crippen LogP contribution < -0.4 is 5.32 Å². The quantitative estimate of drug-likeness (QED) is 0.544. The Hall–Kier alpha value is -3.41. The lowest BCUT2D eigenvalue weighted by Crippen LogP contribution is -2.24. The molecule has 0 fully saturated rings. The van der Waals surface area contributed by atoms with Gasteiger partial charge in [0.1, 0.15) is 11.6 Å². The number of carbonyl (C=O) groups is 1. The van der Waals surface area contributed by atoms with E-state index in [1.54, 1.807) is 18.4 Å². The molecule has 3 heterocycles. The molecular weight excluding hydrogens is 328 g/mol. The fourth-order valence-corrected chi connectivity index (χ4v) is 2.84. The monoisotopic (exact) mass is 346 g/mol. The Balaban J connectivity index is 1.30. The number of aryl methyl sites for hydroxylation is 1. The topological polar surface area (TPSA) is 72.4 Å². The van der Waals surface area contributed by atoms with Crippen LogP contribution in [0, 0.1) is 0 Å². The van der Waals surface area contributed by atoms with Crippen molar-refractivity contribution in [2.45, 2.75) is 12.8 Å². The number of hydrogen-bond donors (Lipinski definition) is 1. The number of pyridine rings is 1. The number of furan rings is 1. The normalized spacial score (nSPS) is 10.9. The second-order valence-corrected chi connectivity index (χ2v) is 5.96. The second-order valence-electron chi connectivity index (χ2n) is 5.96. The van der Waals surface area contributed by atoms with Crippen LogP contribution in [0.2, 0.25) is 0 Å². The molecule has 3 aromatic heterocycles. The summed E-state index contributed by atoms with van der Waals surface area (Å²) in [4.78, 5) is 12.2. The van der Waals surface area contributed by atoms with Crippen LogP contribution in [-0.2, 0) is 6.42 Å². The number of nitrogens with zero attached hydrogens (tertiary/aromatic N) is 3. The first-order valence-electron chi connectivity index (χ1n) is 8.52. The Morgan fingerprint density at radius 2 is 1.92 bits per heavy atom. The van der Waals surface area contributed by atoms with Gasteiger partial charge in [-0.2, -0.15) is 0 Å². The standard InChI is InChI=1S/C20H18N4O2/c25-20(16-10-8-15(9-11-16)17-5-4-14-26-17)21-12-3-7-19-23-22-18-6-1-2-13-24(18)19/h1-2,4-6,8-11,13-14H,3,7,12H2,(H,21,25). The summed E-state index contributed by atoms with van der Waals surface area (Å²) in [7, 11) is 0. The third-order valence-electron chi connectivity index (χ3n) is 4.20. The molecular formula is C20H18N4O2. The number of nitrogens with one attached hydrogen (secondary N) is 1. The maximum atomic E-state index is 12.2. The molecule has 0 spiro atoms. The smallest absolute Gasteiger partial charge is 0.251 e. The molecule has 0 radical (unpaired) electrons. The van der Waals surface area contributed by atoms with Crippen LogP contribution in [0.15, 0.2) is 71.5 Å². The Bertz CT molecular complexity index is 1000. The van der Waals surface area contributed by atoms with Crippen LogP contribution in [0.4, 0.5) is 0 Å². The van der Waals surface area contributed by atoms with Crippen LogP contribution in [0.3, 0.4) is 0 Å². The fraction of sp³-hybridized carbons (Fsp3) is 0.150. The SMILES string of the molecule is O=C(NCCCc1nnc2ccccn12)c1ccc(-c2ccco2)cc1. The number of carbonyl (C=O) groups excluding carboxylic acids is 1. The van der Waals surface area contributed by atoms with Gasteiger partial charge in [-0.25, -0.2) is 0 Å². The lowest BCUT2D eigenvalue weighted by Gasteiger charge is -2.05. The van der Waals surface area contributed by atoms with E-state index in [0.29, 0.717) is 12.1 Å². The average Bonchev–Trinajstić information content (AvgIpc) is 3.35. The molecule has 1 aromatic carbocycles. The second kappa shape index (κ2) is 7.23. The van der Waals surface area contributed by atoms with Crippen molar-refractivity contribution in [3.05, 3.63) is 78.4 Å². The molecule has 0 unspecified atom stereocenters. The molecule has 1 amide bonds. The molecule has 0 aliphatic heterocycles. The van der Waals surface area contributed by atoms with Crippen molar-refractivity contribution in [1.29, 1.82) is 0 Å². The Morgan fingerprint density at radius 1 is 1.04 bits per heavy atom. The number of amides is 1. The third kappa shape index (κ3) is 3.35. The van der Waals surface area contributed by atoms with E-state index >= 15 is 0 Å². The highest BCUT2D eigenvalue weighted by Gasteiger charge is 2.08. The van der Waals surface area contributed by atoms with E-state index < -0.39 is 0 Å². The van der Waals surface area contributed by atoms with Crippen LogP contribution in [0.25, 0.3) is 17.0 Å². The highest BCUT2D eigenvalue weighted by atomic mass is 16.3. The highest BCUT2D eigenvalue weighted by Crippen LogP contribution is 2.19. The Kier molecular flexibility index (Phi) is 4.47. The van der Waals surface area contributed by atoms with Crippen molar-refractivity contribution in [3.63, 3.8) is 0 Å². The fourth-order valence-electron chi connectivity index (χ4n) is 2.84. The van der Waals surface area contributed by atoms with Gasteiger partial charge in [-0.3, -0.25) is 9.20 Å². The first kappa shape index (κ1) is 16.1. The molecule has 6 nitrogen and oxygen atoms in total. The van der Waals surface area contributed by atoms with Gasteiger partial charge in [0.15, 0.2) is 5.65 Å². The predicted octanol–water partition coefficient (Wildman–Crippen LogP) is 3.35. The van der Waals surface area contributed by atoms with Gasteiger partial charge in [0, 0.05) is 30.3 Å². The number of rotatable bonds is 6. The first-order valence-corrected chi connectivity index (χ1v) is 8.52. The summed E-state index contributed by atoms with van der Waals surface area (Å²) in [6, 6.07) is 16.9. The number of benzene rings is 1. The maximum Gasteiger partial charge on any atom is 0.251 e. The molecule has 26 heavy (non-hydrogen) atoms. The van der Waals surface area contributed by atoms with Gasteiger partial charge in [0.05, 0.1) is 6.26 Å². The van der Waals surface area contributed by atoms with E-state index in [4.69, 9.17) is 4.42 Å². The minimum absolute atomic E-state index is 0.0814. The molecule has 0 bridgehead atoms. The van der Waals surface area contributed by atoms with Crippen LogP contribution >= 0.6 is 0 Å². The summed E-state index contributed by atoms with van der Waals surface area (Å²) in [6.07, 6.45) is 5.13. The van der Waals surface area contributed by atoms with E-state index in [-0.39, 0.29) is 5.91 Å². The van der Waals surface area contributed by atoms with Crippen molar-refractivity contribution in [2.24, 2.45) is 0 Å². The third-order valence-corrected chi connectivity index (χ3v) is 4.20. The summed E-state index contributed by atoms with van der Waals surface area (Å²) >= 11 is 0. The van der Waals surface area contributed by atoms with E-state index in [1.807, 2.05) is 53.1 Å². The molecule has 4 aromatic rings. The average molecular weight is 346 g/mol. The zero-order valence-electron chi connectivity index (χ0n) is 14.1. The molecule has 0 atom stereocenters. The lowest BCUT2D eigenvalue weighted by atomic mass is 10.1. The number of fused-ring (bicyclic) bond motifs is 1.